The molecule has 0 spiro atoms. The maximum absolute atomic E-state index is 12.5. The molecule has 0 radical (unpaired) electrons. The largest absolute Gasteiger partial charge is 0.354 e. The lowest BCUT2D eigenvalue weighted by Crippen LogP contribution is -2.49. The van der Waals surface area contributed by atoms with Crippen molar-refractivity contribution in [3.05, 3.63) is 0 Å². The second-order valence-electron chi connectivity index (χ2n) is 7.83. The first-order valence-electron chi connectivity index (χ1n) is 9.83. The maximum atomic E-state index is 12.5. The van der Waals surface area contributed by atoms with E-state index in [0.717, 1.165) is 31.8 Å². The number of carbonyl (C=O) groups is 1. The molecule has 0 aromatic carbocycles. The van der Waals surface area contributed by atoms with Crippen LogP contribution in [0.5, 0.6) is 0 Å². The molecule has 2 unspecified atom stereocenters. The molecule has 25 heavy (non-hydrogen) atoms. The molecule has 2 aliphatic heterocycles. The Morgan fingerprint density at radius 1 is 1.20 bits per heavy atom. The molecule has 2 rings (SSSR count). The van der Waals surface area contributed by atoms with Crippen LogP contribution in [0, 0.1) is 11.8 Å². The van der Waals surface area contributed by atoms with Gasteiger partial charge in [-0.15, -0.1) is 0 Å². The van der Waals surface area contributed by atoms with Crippen molar-refractivity contribution >= 4 is 15.9 Å². The molecule has 7 heteroatoms. The SMILES string of the molecule is CCCS(=O)(=O)N1CCCC(C(=O)NCC(C)N2CCC(C)CC2)C1. The number of piperidine rings is 2. The molecule has 2 fully saturated rings. The number of nitrogens with zero attached hydrogens (tertiary/aromatic N) is 2. The number of sulfonamides is 1. The van der Waals surface area contributed by atoms with Crippen molar-refractivity contribution in [3.63, 3.8) is 0 Å². The molecule has 0 aliphatic carbocycles. The Hall–Kier alpha value is -0.660. The lowest BCUT2D eigenvalue weighted by atomic mass is 9.97. The third-order valence-electron chi connectivity index (χ3n) is 5.62. The number of hydrogen-bond acceptors (Lipinski definition) is 4. The first-order valence-corrected chi connectivity index (χ1v) is 11.4. The van der Waals surface area contributed by atoms with Gasteiger partial charge in [-0.25, -0.2) is 12.7 Å². The molecular weight excluding hydrogens is 338 g/mol. The molecule has 0 aromatic heterocycles. The van der Waals surface area contributed by atoms with Gasteiger partial charge < -0.3 is 5.32 Å². The fraction of sp³-hybridized carbons (Fsp3) is 0.944. The van der Waals surface area contributed by atoms with Gasteiger partial charge in [-0.05, 0) is 58.0 Å². The van der Waals surface area contributed by atoms with Crippen LogP contribution in [-0.4, -0.2) is 68.0 Å². The third-order valence-corrected chi connectivity index (χ3v) is 7.67. The summed E-state index contributed by atoms with van der Waals surface area (Å²) in [6.07, 6.45) is 4.61. The van der Waals surface area contributed by atoms with E-state index in [9.17, 15) is 13.2 Å². The van der Waals surface area contributed by atoms with E-state index in [1.807, 2.05) is 6.92 Å². The van der Waals surface area contributed by atoms with Gasteiger partial charge in [-0.2, -0.15) is 0 Å². The van der Waals surface area contributed by atoms with Crippen LogP contribution in [0.2, 0.25) is 0 Å². The number of hydrogen-bond donors (Lipinski definition) is 1. The van der Waals surface area contributed by atoms with Gasteiger partial charge in [0.1, 0.15) is 0 Å². The van der Waals surface area contributed by atoms with E-state index < -0.39 is 10.0 Å². The summed E-state index contributed by atoms with van der Waals surface area (Å²) in [4.78, 5) is 15.0. The normalized spacial score (nSPS) is 25.6. The summed E-state index contributed by atoms with van der Waals surface area (Å²) >= 11 is 0. The predicted octanol–water partition coefficient (Wildman–Crippen LogP) is 1.67. The monoisotopic (exact) mass is 373 g/mol. The van der Waals surface area contributed by atoms with E-state index in [-0.39, 0.29) is 17.6 Å². The van der Waals surface area contributed by atoms with Gasteiger partial charge >= 0.3 is 0 Å². The zero-order valence-electron chi connectivity index (χ0n) is 16.0. The molecule has 0 aromatic rings. The second-order valence-corrected chi connectivity index (χ2v) is 9.91. The minimum Gasteiger partial charge on any atom is -0.354 e. The van der Waals surface area contributed by atoms with Crippen LogP contribution in [-0.2, 0) is 14.8 Å². The molecule has 2 atom stereocenters. The van der Waals surface area contributed by atoms with Crippen LogP contribution in [0.3, 0.4) is 0 Å². The van der Waals surface area contributed by atoms with Crippen LogP contribution < -0.4 is 5.32 Å². The van der Waals surface area contributed by atoms with Crippen LogP contribution in [0.1, 0.15) is 52.9 Å². The van der Waals surface area contributed by atoms with Gasteiger partial charge in [-0.3, -0.25) is 9.69 Å². The van der Waals surface area contributed by atoms with Crippen molar-refractivity contribution in [2.75, 3.05) is 38.5 Å². The zero-order valence-corrected chi connectivity index (χ0v) is 16.9. The highest BCUT2D eigenvalue weighted by atomic mass is 32.2. The predicted molar refractivity (Wildman–Crippen MR) is 101 cm³/mol. The lowest BCUT2D eigenvalue weighted by molar-refractivity contribution is -0.126. The van der Waals surface area contributed by atoms with E-state index in [4.69, 9.17) is 0 Å². The highest BCUT2D eigenvalue weighted by molar-refractivity contribution is 7.89. The fourth-order valence-electron chi connectivity index (χ4n) is 3.79. The Balaban J connectivity index is 1.80. The summed E-state index contributed by atoms with van der Waals surface area (Å²) in [5.74, 6) is 0.769. The van der Waals surface area contributed by atoms with Gasteiger partial charge in [0.15, 0.2) is 0 Å². The van der Waals surface area contributed by atoms with E-state index in [2.05, 4.69) is 24.1 Å². The molecule has 146 valence electrons. The quantitative estimate of drug-likeness (QED) is 0.737. The van der Waals surface area contributed by atoms with Crippen molar-refractivity contribution in [3.8, 4) is 0 Å². The average molecular weight is 374 g/mol. The number of rotatable bonds is 7. The Morgan fingerprint density at radius 2 is 1.88 bits per heavy atom. The van der Waals surface area contributed by atoms with Crippen molar-refractivity contribution in [1.29, 1.82) is 0 Å². The minimum atomic E-state index is -3.21. The maximum Gasteiger partial charge on any atom is 0.224 e. The molecule has 1 amide bonds. The van der Waals surface area contributed by atoms with Gasteiger partial charge in [0, 0.05) is 25.7 Å². The third kappa shape index (κ3) is 5.93. The van der Waals surface area contributed by atoms with Crippen molar-refractivity contribution < 1.29 is 13.2 Å². The van der Waals surface area contributed by atoms with E-state index in [0.29, 0.717) is 32.1 Å². The summed E-state index contributed by atoms with van der Waals surface area (Å²) in [5.41, 5.74) is 0. The van der Waals surface area contributed by atoms with Crippen molar-refractivity contribution in [2.45, 2.75) is 58.9 Å². The standard InChI is InChI=1S/C18H35N3O3S/c1-4-12-25(23,24)21-9-5-6-17(14-21)18(22)19-13-16(3)20-10-7-15(2)8-11-20/h15-17H,4-14H2,1-3H3,(H,19,22). The first-order chi connectivity index (χ1) is 11.8. The van der Waals surface area contributed by atoms with Crippen molar-refractivity contribution in [2.24, 2.45) is 11.8 Å². The van der Waals surface area contributed by atoms with Gasteiger partial charge in [0.2, 0.25) is 15.9 Å². The number of nitrogens with one attached hydrogen (secondary N) is 1. The highest BCUT2D eigenvalue weighted by Gasteiger charge is 2.32. The van der Waals surface area contributed by atoms with Crippen LogP contribution in [0.4, 0.5) is 0 Å². The second kappa shape index (κ2) is 9.33. The number of carbonyl (C=O) groups excluding carboxylic acids is 1. The Labute approximate surface area is 153 Å². The average Bonchev–Trinajstić information content (AvgIpc) is 2.60. The van der Waals surface area contributed by atoms with E-state index in [1.165, 1.54) is 17.1 Å². The van der Waals surface area contributed by atoms with Crippen molar-refractivity contribution in [1.82, 2.24) is 14.5 Å². The number of likely N-dealkylation sites (tertiary alicyclic amines) is 1. The van der Waals surface area contributed by atoms with Gasteiger partial charge in [0.05, 0.1) is 11.7 Å². The number of amides is 1. The van der Waals surface area contributed by atoms with Crippen LogP contribution in [0.15, 0.2) is 0 Å². The van der Waals surface area contributed by atoms with E-state index >= 15 is 0 Å². The van der Waals surface area contributed by atoms with Crippen LogP contribution >= 0.6 is 0 Å². The minimum absolute atomic E-state index is 0.00799. The topological polar surface area (TPSA) is 69.7 Å². The summed E-state index contributed by atoms with van der Waals surface area (Å²) < 4.78 is 26.0. The zero-order chi connectivity index (χ0) is 18.4. The lowest BCUT2D eigenvalue weighted by Gasteiger charge is -2.35. The molecule has 2 saturated heterocycles. The molecule has 2 heterocycles. The molecule has 6 nitrogen and oxygen atoms in total. The smallest absolute Gasteiger partial charge is 0.224 e. The Bertz CT molecular complexity index is 530. The summed E-state index contributed by atoms with van der Waals surface area (Å²) in [5, 5.41) is 3.06. The Kier molecular flexibility index (Phi) is 7.70. The first kappa shape index (κ1) is 20.6. The van der Waals surface area contributed by atoms with Gasteiger partial charge in [-0.1, -0.05) is 13.8 Å². The molecule has 2 aliphatic rings. The summed E-state index contributed by atoms with van der Waals surface area (Å²) in [7, 11) is -3.21. The highest BCUT2D eigenvalue weighted by Crippen LogP contribution is 2.21. The van der Waals surface area contributed by atoms with Gasteiger partial charge in [0.25, 0.3) is 0 Å². The Morgan fingerprint density at radius 3 is 2.52 bits per heavy atom. The fourth-order valence-corrected chi connectivity index (χ4v) is 5.38. The summed E-state index contributed by atoms with van der Waals surface area (Å²) in [6, 6.07) is 0.333. The molecule has 1 N–H and O–H groups in total. The summed E-state index contributed by atoms with van der Waals surface area (Å²) in [6.45, 7) is 10.1. The van der Waals surface area contributed by atoms with E-state index in [1.54, 1.807) is 0 Å². The molecule has 0 saturated carbocycles. The molecule has 0 bridgehead atoms. The molecular formula is C18H35N3O3S. The van der Waals surface area contributed by atoms with Crippen LogP contribution in [0.25, 0.3) is 0 Å².